The van der Waals surface area contributed by atoms with Gasteiger partial charge in [-0.25, -0.2) is 0 Å². The molecule has 1 fully saturated rings. The molecule has 0 aromatic heterocycles. The van der Waals surface area contributed by atoms with Gasteiger partial charge in [-0.3, -0.25) is 0 Å². The summed E-state index contributed by atoms with van der Waals surface area (Å²) >= 11 is 0. The monoisotopic (exact) mass is 235 g/mol. The van der Waals surface area contributed by atoms with Crippen LogP contribution in [0.2, 0.25) is 0 Å². The highest BCUT2D eigenvalue weighted by atomic mass is 16.5. The lowest BCUT2D eigenvalue weighted by Crippen LogP contribution is -2.23. The number of hydrogen-bond donors (Lipinski definition) is 1. The maximum atomic E-state index is 6.14. The highest BCUT2D eigenvalue weighted by molar-refractivity contribution is 5.43. The molecule has 0 saturated heterocycles. The van der Waals surface area contributed by atoms with Gasteiger partial charge in [-0.2, -0.15) is 0 Å². The van der Waals surface area contributed by atoms with Crippen LogP contribution in [-0.4, -0.2) is 20.3 Å². The second-order valence-electron chi connectivity index (χ2n) is 4.83. The van der Waals surface area contributed by atoms with Crippen LogP contribution in [0.5, 0.6) is 11.5 Å². The third-order valence-electron chi connectivity index (χ3n) is 3.28. The van der Waals surface area contributed by atoms with Crippen LogP contribution in [0, 0.1) is 5.92 Å². The van der Waals surface area contributed by atoms with Gasteiger partial charge in [0.05, 0.1) is 14.2 Å². The number of benzene rings is 1. The van der Waals surface area contributed by atoms with Crippen molar-refractivity contribution < 1.29 is 9.47 Å². The first-order valence-corrected chi connectivity index (χ1v) is 6.19. The van der Waals surface area contributed by atoms with Crippen molar-refractivity contribution in [1.82, 2.24) is 0 Å². The lowest BCUT2D eigenvalue weighted by Gasteiger charge is -2.13. The number of methoxy groups -OCH3 is 2. The predicted octanol–water partition coefficient (Wildman–Crippen LogP) is 2.37. The Kier molecular flexibility index (Phi) is 3.89. The van der Waals surface area contributed by atoms with Crippen LogP contribution in [0.25, 0.3) is 0 Å². The summed E-state index contributed by atoms with van der Waals surface area (Å²) < 4.78 is 10.5. The summed E-state index contributed by atoms with van der Waals surface area (Å²) in [6.07, 6.45) is 4.78. The molecule has 0 radical (unpaired) electrons. The molecule has 1 aliphatic rings. The summed E-state index contributed by atoms with van der Waals surface area (Å²) in [5, 5.41) is 0. The Balaban J connectivity index is 1.99. The molecule has 1 aromatic carbocycles. The molecule has 1 unspecified atom stereocenters. The average Bonchev–Trinajstić information content (AvgIpc) is 3.12. The highest BCUT2D eigenvalue weighted by Gasteiger charge is 2.23. The standard InChI is InChI=1S/C14H21NO2/c1-16-13-6-5-11(9-14(13)17-2)8-12(15)7-10-3-4-10/h5-6,9-10,12H,3-4,7-8,15H2,1-2H3. The fourth-order valence-corrected chi connectivity index (χ4v) is 2.18. The second-order valence-corrected chi connectivity index (χ2v) is 4.83. The molecule has 1 aromatic rings. The van der Waals surface area contributed by atoms with Gasteiger partial charge in [0, 0.05) is 6.04 Å². The van der Waals surface area contributed by atoms with E-state index in [9.17, 15) is 0 Å². The van der Waals surface area contributed by atoms with E-state index in [4.69, 9.17) is 15.2 Å². The summed E-state index contributed by atoms with van der Waals surface area (Å²) in [4.78, 5) is 0. The number of hydrogen-bond acceptors (Lipinski definition) is 3. The molecule has 0 spiro atoms. The molecule has 17 heavy (non-hydrogen) atoms. The van der Waals surface area contributed by atoms with Gasteiger partial charge in [0.25, 0.3) is 0 Å². The Morgan fingerprint density at radius 1 is 1.24 bits per heavy atom. The van der Waals surface area contributed by atoms with E-state index in [-0.39, 0.29) is 6.04 Å². The SMILES string of the molecule is COc1ccc(CC(N)CC2CC2)cc1OC. The lowest BCUT2D eigenvalue weighted by molar-refractivity contribution is 0.354. The third-order valence-corrected chi connectivity index (χ3v) is 3.28. The van der Waals surface area contributed by atoms with Crippen LogP contribution >= 0.6 is 0 Å². The molecule has 94 valence electrons. The van der Waals surface area contributed by atoms with E-state index < -0.39 is 0 Å². The molecule has 0 aliphatic heterocycles. The molecule has 0 amide bonds. The van der Waals surface area contributed by atoms with Crippen LogP contribution in [0.1, 0.15) is 24.8 Å². The molecule has 0 bridgehead atoms. The fraction of sp³-hybridized carbons (Fsp3) is 0.571. The lowest BCUT2D eigenvalue weighted by atomic mass is 10.0. The van der Waals surface area contributed by atoms with E-state index >= 15 is 0 Å². The quantitative estimate of drug-likeness (QED) is 0.823. The van der Waals surface area contributed by atoms with Crippen LogP contribution < -0.4 is 15.2 Å². The minimum Gasteiger partial charge on any atom is -0.493 e. The van der Waals surface area contributed by atoms with Crippen molar-refractivity contribution in [3.8, 4) is 11.5 Å². The van der Waals surface area contributed by atoms with Gasteiger partial charge in [0.15, 0.2) is 11.5 Å². The Labute approximate surface area is 103 Å². The van der Waals surface area contributed by atoms with Crippen LogP contribution in [0.3, 0.4) is 0 Å². The molecule has 0 heterocycles. The van der Waals surface area contributed by atoms with Crippen LogP contribution in [-0.2, 0) is 6.42 Å². The Morgan fingerprint density at radius 3 is 2.53 bits per heavy atom. The first-order valence-electron chi connectivity index (χ1n) is 6.19. The molecule has 3 nitrogen and oxygen atoms in total. The summed E-state index contributed by atoms with van der Waals surface area (Å²) in [6, 6.07) is 6.29. The predicted molar refractivity (Wildman–Crippen MR) is 68.6 cm³/mol. The normalized spacial score (nSPS) is 16.6. The average molecular weight is 235 g/mol. The van der Waals surface area contributed by atoms with Crippen LogP contribution in [0.15, 0.2) is 18.2 Å². The fourth-order valence-electron chi connectivity index (χ4n) is 2.18. The van der Waals surface area contributed by atoms with E-state index in [1.807, 2.05) is 12.1 Å². The molecular weight excluding hydrogens is 214 g/mol. The third kappa shape index (κ3) is 3.37. The second kappa shape index (κ2) is 5.41. The van der Waals surface area contributed by atoms with Crippen molar-refractivity contribution in [3.05, 3.63) is 23.8 Å². The largest absolute Gasteiger partial charge is 0.493 e. The maximum Gasteiger partial charge on any atom is 0.160 e. The van der Waals surface area contributed by atoms with Crippen molar-refractivity contribution in [2.45, 2.75) is 31.7 Å². The zero-order valence-corrected chi connectivity index (χ0v) is 10.6. The van der Waals surface area contributed by atoms with Gasteiger partial charge < -0.3 is 15.2 Å². The molecular formula is C14H21NO2. The molecule has 2 rings (SSSR count). The van der Waals surface area contributed by atoms with Gasteiger partial charge in [-0.05, 0) is 36.5 Å². The molecule has 2 N–H and O–H groups in total. The molecule has 1 aliphatic carbocycles. The van der Waals surface area contributed by atoms with E-state index in [1.165, 1.54) is 18.4 Å². The molecule has 1 atom stereocenters. The summed E-state index contributed by atoms with van der Waals surface area (Å²) in [7, 11) is 3.31. The van der Waals surface area contributed by atoms with Gasteiger partial charge >= 0.3 is 0 Å². The number of nitrogens with two attached hydrogens (primary N) is 1. The minimum atomic E-state index is 0.264. The van der Waals surface area contributed by atoms with Crippen molar-refractivity contribution in [2.24, 2.45) is 11.7 Å². The van der Waals surface area contributed by atoms with Gasteiger partial charge in [-0.15, -0.1) is 0 Å². The molecule has 1 saturated carbocycles. The van der Waals surface area contributed by atoms with E-state index in [0.29, 0.717) is 0 Å². The Hall–Kier alpha value is -1.22. The summed E-state index contributed by atoms with van der Waals surface area (Å²) in [5.74, 6) is 2.43. The maximum absolute atomic E-state index is 6.14. The van der Waals surface area contributed by atoms with Crippen LogP contribution in [0.4, 0.5) is 0 Å². The Morgan fingerprint density at radius 2 is 1.94 bits per heavy atom. The van der Waals surface area contributed by atoms with Gasteiger partial charge in [0.1, 0.15) is 0 Å². The number of rotatable bonds is 6. The summed E-state index contributed by atoms with van der Waals surface area (Å²) in [5.41, 5.74) is 7.36. The minimum absolute atomic E-state index is 0.264. The topological polar surface area (TPSA) is 44.5 Å². The Bertz CT molecular complexity index is 374. The van der Waals surface area contributed by atoms with Crippen molar-refractivity contribution in [1.29, 1.82) is 0 Å². The zero-order valence-electron chi connectivity index (χ0n) is 10.6. The summed E-state index contributed by atoms with van der Waals surface area (Å²) in [6.45, 7) is 0. The van der Waals surface area contributed by atoms with Crippen molar-refractivity contribution in [2.75, 3.05) is 14.2 Å². The van der Waals surface area contributed by atoms with E-state index in [2.05, 4.69) is 6.07 Å². The van der Waals surface area contributed by atoms with Crippen molar-refractivity contribution in [3.63, 3.8) is 0 Å². The van der Waals surface area contributed by atoms with Crippen molar-refractivity contribution >= 4 is 0 Å². The van der Waals surface area contributed by atoms with E-state index in [0.717, 1.165) is 30.3 Å². The number of ether oxygens (including phenoxy) is 2. The molecule has 3 heteroatoms. The van der Waals surface area contributed by atoms with Gasteiger partial charge in [-0.1, -0.05) is 18.9 Å². The first kappa shape index (κ1) is 12.2. The highest BCUT2D eigenvalue weighted by Crippen LogP contribution is 2.34. The smallest absolute Gasteiger partial charge is 0.160 e. The van der Waals surface area contributed by atoms with Gasteiger partial charge in [0.2, 0.25) is 0 Å². The first-order chi connectivity index (χ1) is 8.22. The van der Waals surface area contributed by atoms with E-state index in [1.54, 1.807) is 14.2 Å². The zero-order chi connectivity index (χ0) is 12.3.